The monoisotopic (exact) mass is 269 g/mol. The molecule has 0 radical (unpaired) electrons. The van der Waals surface area contributed by atoms with Crippen LogP contribution in [-0.2, 0) is 4.79 Å². The Morgan fingerprint density at radius 2 is 2.22 bits per heavy atom. The lowest BCUT2D eigenvalue weighted by Gasteiger charge is -2.40. The van der Waals surface area contributed by atoms with Crippen molar-refractivity contribution in [2.24, 2.45) is 0 Å². The molecule has 0 aliphatic carbocycles. The topological polar surface area (TPSA) is 87.2 Å². The number of hydrogen-bond acceptors (Lipinski definition) is 6. The Morgan fingerprint density at radius 3 is 2.83 bits per heavy atom. The smallest absolute Gasteiger partial charge is 0.285 e. The SMILES string of the molecule is CNc1nnc(C(=O)N2CCNC(=O)C2(C)C)s1. The van der Waals surface area contributed by atoms with E-state index in [-0.39, 0.29) is 11.8 Å². The summed E-state index contributed by atoms with van der Waals surface area (Å²) in [7, 11) is 1.72. The number of amides is 2. The summed E-state index contributed by atoms with van der Waals surface area (Å²) in [6.45, 7) is 4.39. The highest BCUT2D eigenvalue weighted by atomic mass is 32.1. The number of anilines is 1. The van der Waals surface area contributed by atoms with Crippen molar-refractivity contribution in [3.8, 4) is 0 Å². The van der Waals surface area contributed by atoms with E-state index in [1.54, 1.807) is 20.9 Å². The van der Waals surface area contributed by atoms with Gasteiger partial charge in [0, 0.05) is 20.1 Å². The molecule has 0 bridgehead atoms. The average molecular weight is 269 g/mol. The molecular formula is C10H15N5O2S. The number of carbonyl (C=O) groups excluding carboxylic acids is 2. The summed E-state index contributed by atoms with van der Waals surface area (Å²) in [6.07, 6.45) is 0. The fourth-order valence-corrected chi connectivity index (χ4v) is 2.43. The maximum Gasteiger partial charge on any atom is 0.285 e. The molecule has 18 heavy (non-hydrogen) atoms. The van der Waals surface area contributed by atoms with Gasteiger partial charge >= 0.3 is 0 Å². The van der Waals surface area contributed by atoms with Crippen LogP contribution in [-0.4, -0.2) is 52.6 Å². The minimum Gasteiger partial charge on any atom is -0.363 e. The lowest BCUT2D eigenvalue weighted by atomic mass is 9.99. The zero-order valence-electron chi connectivity index (χ0n) is 10.5. The maximum atomic E-state index is 12.3. The summed E-state index contributed by atoms with van der Waals surface area (Å²) in [4.78, 5) is 25.6. The van der Waals surface area contributed by atoms with E-state index in [0.717, 1.165) is 0 Å². The van der Waals surface area contributed by atoms with Gasteiger partial charge in [0.15, 0.2) is 0 Å². The fraction of sp³-hybridized carbons (Fsp3) is 0.600. The molecule has 98 valence electrons. The molecule has 0 unspecified atom stereocenters. The first-order chi connectivity index (χ1) is 8.46. The molecule has 2 heterocycles. The van der Waals surface area contributed by atoms with E-state index in [4.69, 9.17) is 0 Å². The van der Waals surface area contributed by atoms with Crippen LogP contribution in [0.1, 0.15) is 23.6 Å². The van der Waals surface area contributed by atoms with Gasteiger partial charge in [-0.2, -0.15) is 0 Å². The quantitative estimate of drug-likeness (QED) is 0.785. The molecule has 1 aromatic heterocycles. The van der Waals surface area contributed by atoms with Gasteiger partial charge in [0.2, 0.25) is 16.0 Å². The van der Waals surface area contributed by atoms with E-state index >= 15 is 0 Å². The Balaban J connectivity index is 2.24. The van der Waals surface area contributed by atoms with Crippen LogP contribution in [0, 0.1) is 0 Å². The third kappa shape index (κ3) is 2.03. The fourth-order valence-electron chi connectivity index (χ4n) is 1.78. The van der Waals surface area contributed by atoms with Crippen LogP contribution in [0.5, 0.6) is 0 Å². The molecule has 7 nitrogen and oxygen atoms in total. The summed E-state index contributed by atoms with van der Waals surface area (Å²) in [6, 6.07) is 0. The van der Waals surface area contributed by atoms with Crippen molar-refractivity contribution in [2.45, 2.75) is 19.4 Å². The number of nitrogens with zero attached hydrogens (tertiary/aromatic N) is 3. The van der Waals surface area contributed by atoms with Crippen molar-refractivity contribution in [3.63, 3.8) is 0 Å². The van der Waals surface area contributed by atoms with Gasteiger partial charge in [-0.05, 0) is 13.8 Å². The van der Waals surface area contributed by atoms with Gasteiger partial charge in [-0.15, -0.1) is 10.2 Å². The second-order valence-corrected chi connectivity index (χ2v) is 5.41. The molecule has 0 spiro atoms. The molecule has 1 aromatic rings. The van der Waals surface area contributed by atoms with Gasteiger partial charge in [-0.1, -0.05) is 11.3 Å². The van der Waals surface area contributed by atoms with Gasteiger partial charge in [-0.3, -0.25) is 9.59 Å². The highest BCUT2D eigenvalue weighted by molar-refractivity contribution is 7.17. The predicted molar refractivity (Wildman–Crippen MR) is 67.6 cm³/mol. The van der Waals surface area contributed by atoms with Crippen molar-refractivity contribution in [2.75, 3.05) is 25.5 Å². The number of piperazine rings is 1. The van der Waals surface area contributed by atoms with E-state index < -0.39 is 5.54 Å². The Bertz CT molecular complexity index is 484. The maximum absolute atomic E-state index is 12.3. The van der Waals surface area contributed by atoms with Crippen LogP contribution in [0.4, 0.5) is 5.13 Å². The van der Waals surface area contributed by atoms with Crippen molar-refractivity contribution in [3.05, 3.63) is 5.01 Å². The minimum atomic E-state index is -0.860. The van der Waals surface area contributed by atoms with Crippen LogP contribution >= 0.6 is 11.3 Å². The molecule has 2 amide bonds. The number of aromatic nitrogens is 2. The Labute approximate surface area is 109 Å². The van der Waals surface area contributed by atoms with Crippen LogP contribution in [0.3, 0.4) is 0 Å². The summed E-state index contributed by atoms with van der Waals surface area (Å²) in [5.74, 6) is -0.408. The molecule has 2 N–H and O–H groups in total. The van der Waals surface area contributed by atoms with Crippen LogP contribution in [0.15, 0.2) is 0 Å². The molecule has 8 heteroatoms. The average Bonchev–Trinajstić information content (AvgIpc) is 2.80. The molecule has 1 aliphatic heterocycles. The number of carbonyl (C=O) groups is 2. The van der Waals surface area contributed by atoms with E-state index in [1.807, 2.05) is 0 Å². The second kappa shape index (κ2) is 4.52. The first-order valence-corrected chi connectivity index (χ1v) is 6.40. The highest BCUT2D eigenvalue weighted by Crippen LogP contribution is 2.23. The summed E-state index contributed by atoms with van der Waals surface area (Å²) >= 11 is 1.18. The standard InChI is InChI=1S/C10H15N5O2S/c1-10(2)8(17)12-4-5-15(10)7(16)6-13-14-9(11-3)18-6/h4-5H2,1-3H3,(H,11,14)(H,12,17). The highest BCUT2D eigenvalue weighted by Gasteiger charge is 2.41. The molecule has 0 atom stereocenters. The first kappa shape index (κ1) is 12.7. The van der Waals surface area contributed by atoms with E-state index in [0.29, 0.717) is 23.2 Å². The Hall–Kier alpha value is -1.70. The zero-order chi connectivity index (χ0) is 13.3. The molecule has 1 aliphatic rings. The zero-order valence-corrected chi connectivity index (χ0v) is 11.3. The minimum absolute atomic E-state index is 0.152. The van der Waals surface area contributed by atoms with Gasteiger partial charge in [0.25, 0.3) is 5.91 Å². The van der Waals surface area contributed by atoms with Gasteiger partial charge in [0.1, 0.15) is 5.54 Å². The van der Waals surface area contributed by atoms with Crippen LogP contribution in [0.25, 0.3) is 0 Å². The predicted octanol–water partition coefficient (Wildman–Crippen LogP) is -0.0696. The first-order valence-electron chi connectivity index (χ1n) is 5.58. The molecule has 1 fully saturated rings. The summed E-state index contributed by atoms with van der Waals surface area (Å²) < 4.78 is 0. The molecular weight excluding hydrogens is 254 g/mol. The van der Waals surface area contributed by atoms with Crippen molar-refractivity contribution in [1.82, 2.24) is 20.4 Å². The number of rotatable bonds is 2. The van der Waals surface area contributed by atoms with E-state index in [1.165, 1.54) is 16.2 Å². The lowest BCUT2D eigenvalue weighted by Crippen LogP contribution is -2.63. The van der Waals surface area contributed by atoms with E-state index in [9.17, 15) is 9.59 Å². The van der Waals surface area contributed by atoms with Gasteiger partial charge in [0.05, 0.1) is 0 Å². The van der Waals surface area contributed by atoms with Crippen molar-refractivity contribution < 1.29 is 9.59 Å². The molecule has 1 saturated heterocycles. The Morgan fingerprint density at radius 1 is 1.50 bits per heavy atom. The number of nitrogens with one attached hydrogen (secondary N) is 2. The third-order valence-electron chi connectivity index (χ3n) is 2.92. The van der Waals surface area contributed by atoms with Crippen molar-refractivity contribution >= 4 is 28.3 Å². The van der Waals surface area contributed by atoms with Crippen molar-refractivity contribution in [1.29, 1.82) is 0 Å². The summed E-state index contributed by atoms with van der Waals surface area (Å²) in [5.41, 5.74) is -0.860. The summed E-state index contributed by atoms with van der Waals surface area (Å²) in [5, 5.41) is 14.1. The largest absolute Gasteiger partial charge is 0.363 e. The van der Waals surface area contributed by atoms with Crippen LogP contribution in [0.2, 0.25) is 0 Å². The normalized spacial score (nSPS) is 18.4. The second-order valence-electron chi connectivity index (χ2n) is 4.43. The lowest BCUT2D eigenvalue weighted by molar-refractivity contribution is -0.133. The van der Waals surface area contributed by atoms with Gasteiger partial charge < -0.3 is 15.5 Å². The van der Waals surface area contributed by atoms with Gasteiger partial charge in [-0.25, -0.2) is 0 Å². The number of hydrogen-bond donors (Lipinski definition) is 2. The molecule has 0 aromatic carbocycles. The van der Waals surface area contributed by atoms with Crippen LogP contribution < -0.4 is 10.6 Å². The van der Waals surface area contributed by atoms with E-state index in [2.05, 4.69) is 20.8 Å². The molecule has 0 saturated carbocycles. The third-order valence-corrected chi connectivity index (χ3v) is 3.85. The molecule has 2 rings (SSSR count). The Kier molecular flexibility index (Phi) is 3.20.